The maximum Gasteiger partial charge on any atom is 0.250 e. The number of hydrogen-bond donors (Lipinski definition) is 1. The van der Waals surface area contributed by atoms with Crippen LogP contribution in [0, 0.1) is 17.2 Å². The lowest BCUT2D eigenvalue weighted by molar-refractivity contribution is 0.0999. The van der Waals surface area contributed by atoms with Gasteiger partial charge in [-0.2, -0.15) is 5.26 Å². The molecule has 1 amide bonds. The molecule has 3 aromatic rings. The Kier molecular flexibility index (Phi) is 4.94. The summed E-state index contributed by atoms with van der Waals surface area (Å²) in [6.07, 6.45) is 7.82. The second-order valence-electron chi connectivity index (χ2n) is 6.74. The van der Waals surface area contributed by atoms with Crippen LogP contribution in [-0.4, -0.2) is 34.7 Å². The minimum Gasteiger partial charge on any atom is -0.493 e. The first-order chi connectivity index (χ1) is 14.5. The van der Waals surface area contributed by atoms with Gasteiger partial charge in [-0.05, 0) is 24.1 Å². The second-order valence-corrected chi connectivity index (χ2v) is 6.74. The maximum atomic E-state index is 12.0. The highest BCUT2D eigenvalue weighted by molar-refractivity contribution is 5.98. The van der Waals surface area contributed by atoms with Gasteiger partial charge in [0.05, 0.1) is 48.5 Å². The smallest absolute Gasteiger partial charge is 0.250 e. The van der Waals surface area contributed by atoms with Crippen molar-refractivity contribution in [3.8, 4) is 23.4 Å². The van der Waals surface area contributed by atoms with E-state index in [0.717, 1.165) is 5.52 Å². The van der Waals surface area contributed by atoms with E-state index in [-0.39, 0.29) is 11.5 Å². The van der Waals surface area contributed by atoms with E-state index in [1.54, 1.807) is 49.4 Å². The number of benzene rings is 1. The predicted octanol–water partition coefficient (Wildman–Crippen LogP) is 3.02. The molecule has 1 aliphatic carbocycles. The lowest BCUT2D eigenvalue weighted by atomic mass is 9.93. The fourth-order valence-electron chi connectivity index (χ4n) is 3.45. The van der Waals surface area contributed by atoms with Crippen LogP contribution in [0.15, 0.2) is 48.8 Å². The topological polar surface area (TPSA) is 116 Å². The average Bonchev–Trinajstić information content (AvgIpc) is 3.20. The summed E-state index contributed by atoms with van der Waals surface area (Å²) in [5.41, 5.74) is 8.45. The standard InChI is InChI=1S/C22H19N5O3/c1-29-18-9-16-17(10-19(18)30-2)27(12-25-16)20-7-6-15(22(24)28)21(26-20)14-5-3-4-13(8-14)11-23/h3,5-10,12-13H,4H2,1-2H3,(H2,24,28). The Labute approximate surface area is 172 Å². The van der Waals surface area contributed by atoms with Gasteiger partial charge in [-0.1, -0.05) is 18.2 Å². The molecular weight excluding hydrogens is 382 g/mol. The molecule has 0 bridgehead atoms. The van der Waals surface area contributed by atoms with Crippen molar-refractivity contribution in [1.29, 1.82) is 5.26 Å². The maximum absolute atomic E-state index is 12.0. The lowest BCUT2D eigenvalue weighted by Crippen LogP contribution is -2.16. The Morgan fingerprint density at radius 3 is 2.73 bits per heavy atom. The van der Waals surface area contributed by atoms with E-state index in [0.29, 0.717) is 40.5 Å². The number of carbonyl (C=O) groups is 1. The lowest BCUT2D eigenvalue weighted by Gasteiger charge is -2.15. The molecule has 0 aliphatic heterocycles. The van der Waals surface area contributed by atoms with Gasteiger partial charge in [-0.15, -0.1) is 0 Å². The number of primary amides is 1. The number of pyridine rings is 1. The number of nitriles is 1. The van der Waals surface area contributed by atoms with Gasteiger partial charge in [0.2, 0.25) is 0 Å². The molecule has 4 rings (SSSR count). The zero-order valence-electron chi connectivity index (χ0n) is 16.5. The fourth-order valence-corrected chi connectivity index (χ4v) is 3.45. The third-order valence-corrected chi connectivity index (χ3v) is 4.95. The summed E-state index contributed by atoms with van der Waals surface area (Å²) in [4.78, 5) is 21.1. The van der Waals surface area contributed by atoms with Crippen LogP contribution in [-0.2, 0) is 0 Å². The summed E-state index contributed by atoms with van der Waals surface area (Å²) < 4.78 is 12.5. The molecule has 1 atom stereocenters. The SMILES string of the molecule is COc1cc2ncn(-c3ccc(C(N)=O)c(C4=CC(C#N)CC=C4)n3)c2cc1OC. The van der Waals surface area contributed by atoms with E-state index < -0.39 is 5.91 Å². The molecule has 2 heterocycles. The van der Waals surface area contributed by atoms with E-state index in [1.165, 1.54) is 0 Å². The van der Waals surface area contributed by atoms with E-state index >= 15 is 0 Å². The highest BCUT2D eigenvalue weighted by atomic mass is 16.5. The summed E-state index contributed by atoms with van der Waals surface area (Å²) in [5.74, 6) is 0.836. The number of nitrogens with zero attached hydrogens (tertiary/aromatic N) is 4. The molecule has 30 heavy (non-hydrogen) atoms. The number of fused-ring (bicyclic) bond motifs is 1. The number of methoxy groups -OCH3 is 2. The predicted molar refractivity (Wildman–Crippen MR) is 111 cm³/mol. The zero-order valence-corrected chi connectivity index (χ0v) is 16.5. The largest absolute Gasteiger partial charge is 0.493 e. The summed E-state index contributed by atoms with van der Waals surface area (Å²) in [6, 6.07) is 9.17. The molecule has 0 radical (unpaired) electrons. The number of rotatable bonds is 5. The van der Waals surface area contributed by atoms with Crippen LogP contribution in [0.1, 0.15) is 22.5 Å². The van der Waals surface area contributed by atoms with Gasteiger partial charge in [-0.3, -0.25) is 9.36 Å². The van der Waals surface area contributed by atoms with E-state index in [4.69, 9.17) is 20.2 Å². The quantitative estimate of drug-likeness (QED) is 0.702. The Hall–Kier alpha value is -4.12. The van der Waals surface area contributed by atoms with Crippen LogP contribution < -0.4 is 15.2 Å². The van der Waals surface area contributed by atoms with Crippen molar-refractivity contribution >= 4 is 22.5 Å². The van der Waals surface area contributed by atoms with Crippen molar-refractivity contribution in [2.75, 3.05) is 14.2 Å². The van der Waals surface area contributed by atoms with Crippen LogP contribution in [0.3, 0.4) is 0 Å². The van der Waals surface area contributed by atoms with E-state index in [1.807, 2.05) is 18.2 Å². The van der Waals surface area contributed by atoms with Gasteiger partial charge in [-0.25, -0.2) is 9.97 Å². The fraction of sp³-hybridized carbons (Fsp3) is 0.182. The molecule has 0 saturated carbocycles. The number of nitrogens with two attached hydrogens (primary N) is 1. The summed E-state index contributed by atoms with van der Waals surface area (Å²) in [5, 5.41) is 9.27. The molecule has 2 aromatic heterocycles. The van der Waals surface area contributed by atoms with Crippen molar-refractivity contribution in [2.24, 2.45) is 11.7 Å². The van der Waals surface area contributed by atoms with Gasteiger partial charge in [0, 0.05) is 12.1 Å². The van der Waals surface area contributed by atoms with Crippen LogP contribution in [0.4, 0.5) is 0 Å². The number of imidazole rings is 1. The van der Waals surface area contributed by atoms with Crippen LogP contribution in [0.2, 0.25) is 0 Å². The molecule has 2 N–H and O–H groups in total. The van der Waals surface area contributed by atoms with Crippen molar-refractivity contribution < 1.29 is 14.3 Å². The van der Waals surface area contributed by atoms with Crippen LogP contribution in [0.25, 0.3) is 22.4 Å². The third kappa shape index (κ3) is 3.26. The molecule has 0 fully saturated rings. The Morgan fingerprint density at radius 2 is 2.03 bits per heavy atom. The third-order valence-electron chi connectivity index (χ3n) is 4.95. The minimum atomic E-state index is -0.584. The molecule has 0 spiro atoms. The van der Waals surface area contributed by atoms with Crippen molar-refractivity contribution in [3.05, 3.63) is 60.1 Å². The van der Waals surface area contributed by atoms with Gasteiger partial charge in [0.25, 0.3) is 5.91 Å². The highest BCUT2D eigenvalue weighted by Crippen LogP contribution is 2.33. The molecule has 8 nitrogen and oxygen atoms in total. The van der Waals surface area contributed by atoms with Gasteiger partial charge >= 0.3 is 0 Å². The van der Waals surface area contributed by atoms with E-state index in [9.17, 15) is 10.1 Å². The summed E-state index contributed by atoms with van der Waals surface area (Å²) in [7, 11) is 3.13. The number of allylic oxidation sites excluding steroid dienone is 4. The van der Waals surface area contributed by atoms with Crippen LogP contribution in [0.5, 0.6) is 11.5 Å². The number of ether oxygens (including phenoxy) is 2. The van der Waals surface area contributed by atoms with E-state index in [2.05, 4.69) is 11.1 Å². The molecule has 1 aromatic carbocycles. The first-order valence-electron chi connectivity index (χ1n) is 9.24. The molecule has 8 heteroatoms. The van der Waals surface area contributed by atoms with Crippen molar-refractivity contribution in [3.63, 3.8) is 0 Å². The molecule has 0 saturated heterocycles. The molecule has 1 unspecified atom stereocenters. The average molecular weight is 401 g/mol. The Bertz CT molecular complexity index is 1250. The van der Waals surface area contributed by atoms with Gasteiger partial charge in [0.1, 0.15) is 12.1 Å². The van der Waals surface area contributed by atoms with Crippen molar-refractivity contribution in [1.82, 2.24) is 14.5 Å². The molecular formula is C22H19N5O3. The van der Waals surface area contributed by atoms with Gasteiger partial charge < -0.3 is 15.2 Å². The number of hydrogen-bond acceptors (Lipinski definition) is 6. The molecule has 1 aliphatic rings. The monoisotopic (exact) mass is 401 g/mol. The number of carbonyl (C=O) groups excluding carboxylic acids is 1. The second kappa shape index (κ2) is 7.72. The zero-order chi connectivity index (χ0) is 21.3. The van der Waals surface area contributed by atoms with Crippen molar-refractivity contribution in [2.45, 2.75) is 6.42 Å². The Balaban J connectivity index is 1.89. The molecule has 150 valence electrons. The normalized spacial score (nSPS) is 15.5. The first-order valence-corrected chi connectivity index (χ1v) is 9.24. The minimum absolute atomic E-state index is 0.276. The number of aromatic nitrogens is 3. The summed E-state index contributed by atoms with van der Waals surface area (Å²) in [6.45, 7) is 0. The van der Waals surface area contributed by atoms with Gasteiger partial charge in [0.15, 0.2) is 11.5 Å². The first kappa shape index (κ1) is 19.2. The van der Waals surface area contributed by atoms with Crippen LogP contribution >= 0.6 is 0 Å². The highest BCUT2D eigenvalue weighted by Gasteiger charge is 2.19. The number of amides is 1. The Morgan fingerprint density at radius 1 is 1.27 bits per heavy atom. The summed E-state index contributed by atoms with van der Waals surface area (Å²) >= 11 is 0.